The molecule has 0 amide bonds. The third-order valence-corrected chi connectivity index (χ3v) is 8.57. The molecule has 8 rings (SSSR count). The number of aliphatic hydroxyl groups is 5. The monoisotopic (exact) mass is 480 g/mol. The Hall–Kier alpha value is -1.67. The van der Waals surface area contributed by atoms with Crippen LogP contribution in [0.15, 0.2) is 30.3 Å². The molecule has 186 valence electrons. The number of benzene rings is 1. The van der Waals surface area contributed by atoms with Crippen molar-refractivity contribution >= 4 is 5.97 Å². The number of rotatable bonds is 6. The second-order valence-electron chi connectivity index (χ2n) is 10.2. The molecule has 0 radical (unpaired) electrons. The number of esters is 1. The van der Waals surface area contributed by atoms with Crippen LogP contribution in [0.5, 0.6) is 0 Å². The summed E-state index contributed by atoms with van der Waals surface area (Å²) in [5.41, 5.74) is -2.99. The fraction of sp³-hybridized carbons (Fsp3) is 0.696. The second kappa shape index (κ2) is 7.19. The first-order chi connectivity index (χ1) is 16.1. The highest BCUT2D eigenvalue weighted by Gasteiger charge is 2.94. The maximum Gasteiger partial charge on any atom is 0.338 e. The van der Waals surface area contributed by atoms with Crippen molar-refractivity contribution in [3.05, 3.63) is 35.9 Å². The van der Waals surface area contributed by atoms with E-state index < -0.39 is 77.9 Å². The third kappa shape index (κ3) is 2.59. The van der Waals surface area contributed by atoms with Crippen LogP contribution in [0.2, 0.25) is 0 Å². The van der Waals surface area contributed by atoms with Crippen LogP contribution < -0.4 is 0 Å². The minimum atomic E-state index is -1.61. The topological polar surface area (TPSA) is 164 Å². The predicted octanol–water partition coefficient (Wildman–Crippen LogP) is -1.36. The third-order valence-electron chi connectivity index (χ3n) is 8.57. The van der Waals surface area contributed by atoms with Crippen LogP contribution in [0.3, 0.4) is 0 Å². The van der Waals surface area contributed by atoms with E-state index in [1.165, 1.54) is 0 Å². The van der Waals surface area contributed by atoms with Crippen LogP contribution in [0.1, 0.15) is 30.1 Å². The van der Waals surface area contributed by atoms with Crippen LogP contribution in [0.4, 0.5) is 0 Å². The Labute approximate surface area is 194 Å². The quantitative estimate of drug-likeness (QED) is 0.306. The first-order valence-corrected chi connectivity index (χ1v) is 11.4. The Morgan fingerprint density at radius 2 is 1.85 bits per heavy atom. The number of ether oxygens (including phenoxy) is 5. The van der Waals surface area contributed by atoms with Crippen molar-refractivity contribution in [1.29, 1.82) is 0 Å². The van der Waals surface area contributed by atoms with Gasteiger partial charge in [-0.15, -0.1) is 0 Å². The molecule has 4 heterocycles. The minimum Gasteiger partial charge on any atom is -0.461 e. The molecule has 11 heteroatoms. The van der Waals surface area contributed by atoms with Gasteiger partial charge in [-0.05, 0) is 25.5 Å². The summed E-state index contributed by atoms with van der Waals surface area (Å²) in [6.07, 6.45) is -7.87. The van der Waals surface area contributed by atoms with Crippen molar-refractivity contribution < 1.29 is 54.0 Å². The van der Waals surface area contributed by atoms with E-state index in [1.807, 2.05) is 0 Å². The number of hydrogen-bond donors (Lipinski definition) is 5. The van der Waals surface area contributed by atoms with Crippen LogP contribution in [0, 0.1) is 11.3 Å². The molecule has 5 N–H and O–H groups in total. The Bertz CT molecular complexity index is 988. The highest BCUT2D eigenvalue weighted by molar-refractivity contribution is 5.89. The lowest BCUT2D eigenvalue weighted by Gasteiger charge is -2.67. The molecular formula is C23H28O11. The van der Waals surface area contributed by atoms with Crippen molar-refractivity contribution in [3.8, 4) is 0 Å². The van der Waals surface area contributed by atoms with E-state index in [9.17, 15) is 30.3 Å². The van der Waals surface area contributed by atoms with E-state index in [4.69, 9.17) is 23.7 Å². The van der Waals surface area contributed by atoms with Gasteiger partial charge in [-0.25, -0.2) is 4.79 Å². The van der Waals surface area contributed by atoms with Gasteiger partial charge >= 0.3 is 5.97 Å². The second-order valence-corrected chi connectivity index (χ2v) is 10.2. The summed E-state index contributed by atoms with van der Waals surface area (Å²) in [4.78, 5) is 12.7. The highest BCUT2D eigenvalue weighted by Crippen LogP contribution is 2.81. The molecule has 7 fully saturated rings. The standard InChI is InChI=1S/C23H28O11/c1-20-9-22(29)13-7-23(20,32-18-16(27)15(26)14(25)12(8-24)31-18)21(13,19(33-20)34-22)10-30-17(28)11-5-3-2-4-6-11/h2-6,12-16,18-19,24-27,29H,7-10H2,1H3/t12-,13-,14-,15+,16-,18+,19-,20-,21+,22-,23+/m1/s1. The van der Waals surface area contributed by atoms with Crippen molar-refractivity contribution in [3.63, 3.8) is 0 Å². The number of aliphatic hydroxyl groups excluding tert-OH is 4. The summed E-state index contributed by atoms with van der Waals surface area (Å²) in [6, 6.07) is 8.47. The average molecular weight is 480 g/mol. The molecule has 6 bridgehead atoms. The molecule has 0 unspecified atom stereocenters. The maximum absolute atomic E-state index is 12.7. The number of hydrogen-bond acceptors (Lipinski definition) is 11. The first kappa shape index (κ1) is 22.8. The normalized spacial score (nSPS) is 52.5. The molecule has 0 spiro atoms. The maximum atomic E-state index is 12.7. The van der Waals surface area contributed by atoms with Gasteiger partial charge in [0.1, 0.15) is 42.2 Å². The first-order valence-electron chi connectivity index (χ1n) is 11.4. The number of carbonyl (C=O) groups is 1. The summed E-state index contributed by atoms with van der Waals surface area (Å²) in [6.45, 7) is 0.985. The Kier molecular flexibility index (Phi) is 4.81. The molecular weight excluding hydrogens is 452 g/mol. The summed E-state index contributed by atoms with van der Waals surface area (Å²) < 4.78 is 29.7. The zero-order valence-corrected chi connectivity index (χ0v) is 18.4. The lowest BCUT2D eigenvalue weighted by molar-refractivity contribution is -0.424. The van der Waals surface area contributed by atoms with Gasteiger partial charge < -0.3 is 49.2 Å². The van der Waals surface area contributed by atoms with Gasteiger partial charge in [0, 0.05) is 12.3 Å². The summed E-state index contributed by atoms with van der Waals surface area (Å²) in [5, 5.41) is 51.7. The van der Waals surface area contributed by atoms with E-state index in [0.717, 1.165) is 0 Å². The van der Waals surface area contributed by atoms with Gasteiger partial charge in [0.05, 0.1) is 17.6 Å². The van der Waals surface area contributed by atoms with Gasteiger partial charge in [0.15, 0.2) is 18.4 Å². The lowest BCUT2D eigenvalue weighted by atomic mass is 9.41. The molecule has 1 aromatic rings. The molecule has 4 saturated heterocycles. The summed E-state index contributed by atoms with van der Waals surface area (Å²) in [7, 11) is 0. The zero-order chi connectivity index (χ0) is 24.1. The smallest absolute Gasteiger partial charge is 0.338 e. The average Bonchev–Trinajstić information content (AvgIpc) is 3.00. The van der Waals surface area contributed by atoms with E-state index in [-0.39, 0.29) is 19.4 Å². The fourth-order valence-corrected chi connectivity index (χ4v) is 6.87. The molecule has 34 heavy (non-hydrogen) atoms. The fourth-order valence-electron chi connectivity index (χ4n) is 6.87. The van der Waals surface area contributed by atoms with E-state index in [1.54, 1.807) is 37.3 Å². The largest absolute Gasteiger partial charge is 0.461 e. The van der Waals surface area contributed by atoms with Crippen molar-refractivity contribution in [2.75, 3.05) is 13.2 Å². The van der Waals surface area contributed by atoms with E-state index in [2.05, 4.69) is 0 Å². The predicted molar refractivity (Wildman–Crippen MR) is 109 cm³/mol. The van der Waals surface area contributed by atoms with Crippen LogP contribution in [0.25, 0.3) is 0 Å². The van der Waals surface area contributed by atoms with Gasteiger partial charge in [0.2, 0.25) is 0 Å². The Morgan fingerprint density at radius 1 is 1.12 bits per heavy atom. The summed E-state index contributed by atoms with van der Waals surface area (Å²) in [5.74, 6) is -2.49. The molecule has 11 nitrogen and oxygen atoms in total. The molecule has 11 atom stereocenters. The van der Waals surface area contributed by atoms with Crippen molar-refractivity contribution in [1.82, 2.24) is 0 Å². The molecule has 1 aromatic carbocycles. The molecule has 0 aromatic heterocycles. The minimum absolute atomic E-state index is 0.0902. The number of carbonyl (C=O) groups excluding carboxylic acids is 1. The van der Waals surface area contributed by atoms with Gasteiger partial charge in [-0.2, -0.15) is 0 Å². The summed E-state index contributed by atoms with van der Waals surface area (Å²) >= 11 is 0. The van der Waals surface area contributed by atoms with Gasteiger partial charge in [-0.1, -0.05) is 18.2 Å². The highest BCUT2D eigenvalue weighted by atomic mass is 16.8. The molecule has 3 saturated carbocycles. The Morgan fingerprint density at radius 3 is 2.56 bits per heavy atom. The molecule has 7 aliphatic rings. The molecule has 3 aliphatic carbocycles. The Balaban J connectivity index is 1.32. The zero-order valence-electron chi connectivity index (χ0n) is 18.4. The van der Waals surface area contributed by atoms with Crippen LogP contribution in [-0.2, 0) is 23.7 Å². The SMILES string of the molecule is C[C@]12C[C@@]3(O)O[C@@H](O1)[C@]1(COC(=O)c4ccccc4)[C@H]3C[C@@]12O[C@@H]1O[C@H](CO)[C@@H](O)[C@H](O)[C@H]1O. The van der Waals surface area contributed by atoms with E-state index in [0.29, 0.717) is 5.56 Å². The van der Waals surface area contributed by atoms with Crippen LogP contribution >= 0.6 is 0 Å². The van der Waals surface area contributed by atoms with Gasteiger partial charge in [-0.3, -0.25) is 0 Å². The van der Waals surface area contributed by atoms with Gasteiger partial charge in [0.25, 0.3) is 0 Å². The molecule has 4 aliphatic heterocycles. The van der Waals surface area contributed by atoms with Crippen LogP contribution in [-0.4, -0.2) is 98.7 Å². The van der Waals surface area contributed by atoms with Crippen molar-refractivity contribution in [2.45, 2.75) is 73.8 Å². The van der Waals surface area contributed by atoms with E-state index >= 15 is 0 Å². The van der Waals surface area contributed by atoms with Crippen molar-refractivity contribution in [2.24, 2.45) is 11.3 Å². The lowest BCUT2D eigenvalue weighted by Crippen LogP contribution is -2.80.